The van der Waals surface area contributed by atoms with Crippen LogP contribution in [0.3, 0.4) is 0 Å². The smallest absolute Gasteiger partial charge is 0.341 e. The van der Waals surface area contributed by atoms with Gasteiger partial charge in [-0.1, -0.05) is 18.5 Å². The molecule has 0 radical (unpaired) electrons. The number of aliphatic carboxylic acids is 2. The van der Waals surface area contributed by atoms with E-state index in [1.54, 1.807) is 6.92 Å². The van der Waals surface area contributed by atoms with Gasteiger partial charge in [0.05, 0.1) is 17.0 Å². The van der Waals surface area contributed by atoms with E-state index in [9.17, 15) is 14.4 Å². The summed E-state index contributed by atoms with van der Waals surface area (Å²) >= 11 is 7.41. The number of carbonyl (C=O) groups is 3. The van der Waals surface area contributed by atoms with Crippen molar-refractivity contribution in [3.8, 4) is 5.75 Å². The molecule has 138 valence electrons. The number of carboxylic acid groups (broad SMARTS) is 2. The predicted molar refractivity (Wildman–Crippen MR) is 95.7 cm³/mol. The number of hydrogen-bond donors (Lipinski definition) is 3. The van der Waals surface area contributed by atoms with Crippen LogP contribution in [0, 0.1) is 0 Å². The topological polar surface area (TPSA) is 127 Å². The number of Topliss-reactive ketones (excluding diaryl/α,β-unsaturated/α-hetero) is 1. The molecule has 0 saturated carbocycles. The summed E-state index contributed by atoms with van der Waals surface area (Å²) < 4.78 is 5.01. The monoisotopic (exact) mass is 389 g/mol. The minimum absolute atomic E-state index is 0.00494. The zero-order valence-corrected chi connectivity index (χ0v) is 15.2. The van der Waals surface area contributed by atoms with Crippen molar-refractivity contribution in [2.24, 2.45) is 5.73 Å². The van der Waals surface area contributed by atoms with Gasteiger partial charge < -0.3 is 20.7 Å². The third-order valence-corrected chi connectivity index (χ3v) is 4.98. The summed E-state index contributed by atoms with van der Waals surface area (Å²) in [5, 5.41) is 17.4. The molecule has 0 amide bonds. The third-order valence-electron chi connectivity index (χ3n) is 3.45. The molecule has 1 aromatic carbocycles. The first kappa shape index (κ1) is 21.3. The number of rotatable bonds is 11. The fourth-order valence-electron chi connectivity index (χ4n) is 1.92. The summed E-state index contributed by atoms with van der Waals surface area (Å²) in [7, 11) is 0. The Bertz CT molecular complexity index is 654. The van der Waals surface area contributed by atoms with Crippen molar-refractivity contribution in [1.29, 1.82) is 0 Å². The van der Waals surface area contributed by atoms with Crippen molar-refractivity contribution in [3.05, 3.63) is 28.8 Å². The quantitative estimate of drug-likeness (QED) is 0.388. The lowest BCUT2D eigenvalue weighted by atomic mass is 9.89. The average Bonchev–Trinajstić information content (AvgIpc) is 2.56. The van der Waals surface area contributed by atoms with Crippen molar-refractivity contribution < 1.29 is 29.3 Å². The highest BCUT2D eigenvalue weighted by Gasteiger charge is 2.34. The maximum Gasteiger partial charge on any atom is 0.341 e. The highest BCUT2D eigenvalue weighted by Crippen LogP contribution is 2.28. The van der Waals surface area contributed by atoms with Gasteiger partial charge in [-0.15, -0.1) is 0 Å². The molecule has 0 bridgehead atoms. The molecule has 1 unspecified atom stereocenters. The number of thioether (sulfide) groups is 1. The van der Waals surface area contributed by atoms with Crippen LogP contribution in [0.1, 0.15) is 30.1 Å². The summed E-state index contributed by atoms with van der Waals surface area (Å²) in [5.41, 5.74) is 5.25. The summed E-state index contributed by atoms with van der Waals surface area (Å²) in [6.45, 7) is 1.26. The summed E-state index contributed by atoms with van der Waals surface area (Å²) in [6, 6.07) is 4.27. The number of carbonyl (C=O) groups excluding carboxylic acids is 1. The van der Waals surface area contributed by atoms with Crippen molar-refractivity contribution >= 4 is 41.1 Å². The Balaban J connectivity index is 2.83. The first-order chi connectivity index (χ1) is 11.7. The lowest BCUT2D eigenvalue weighted by Crippen LogP contribution is -2.50. The number of ketones is 1. The van der Waals surface area contributed by atoms with Gasteiger partial charge in [-0.2, -0.15) is 11.8 Å². The third kappa shape index (κ3) is 6.56. The van der Waals surface area contributed by atoms with Crippen LogP contribution in [0.2, 0.25) is 5.02 Å². The highest BCUT2D eigenvalue weighted by molar-refractivity contribution is 7.99. The summed E-state index contributed by atoms with van der Waals surface area (Å²) in [5.74, 6) is -1.52. The van der Waals surface area contributed by atoms with Crippen molar-refractivity contribution in [1.82, 2.24) is 0 Å². The standard InChI is InChI=1S/C16H20ClNO6S/c1-2-16(18,9-25-6-5-13(19)20)15(23)11-4-3-10(7-12(11)17)24-8-14(21)22/h3-4,7H,2,5-6,8-9,18H2,1H3,(H,19,20)(H,21,22). The average molecular weight is 390 g/mol. The summed E-state index contributed by atoms with van der Waals surface area (Å²) in [6.07, 6.45) is 0.356. The molecule has 0 spiro atoms. The van der Waals surface area contributed by atoms with Gasteiger partial charge in [0.25, 0.3) is 0 Å². The van der Waals surface area contributed by atoms with E-state index >= 15 is 0 Å². The molecule has 0 saturated heterocycles. The molecule has 4 N–H and O–H groups in total. The number of halogens is 1. The van der Waals surface area contributed by atoms with Gasteiger partial charge in [-0.3, -0.25) is 9.59 Å². The summed E-state index contributed by atoms with van der Waals surface area (Å²) in [4.78, 5) is 33.8. The molecule has 1 atom stereocenters. The van der Waals surface area contributed by atoms with Crippen LogP contribution in [0.5, 0.6) is 5.75 Å². The van der Waals surface area contributed by atoms with E-state index in [2.05, 4.69) is 0 Å². The maximum atomic E-state index is 12.7. The van der Waals surface area contributed by atoms with E-state index in [1.807, 2.05) is 0 Å². The number of hydrogen-bond acceptors (Lipinski definition) is 6. The minimum Gasteiger partial charge on any atom is -0.482 e. The van der Waals surface area contributed by atoms with Gasteiger partial charge in [0.15, 0.2) is 12.4 Å². The number of nitrogens with two attached hydrogens (primary N) is 1. The van der Waals surface area contributed by atoms with Crippen LogP contribution in [0.25, 0.3) is 0 Å². The van der Waals surface area contributed by atoms with Gasteiger partial charge in [-0.05, 0) is 24.6 Å². The minimum atomic E-state index is -1.17. The van der Waals surface area contributed by atoms with Gasteiger partial charge in [0.2, 0.25) is 0 Å². The van der Waals surface area contributed by atoms with Crippen molar-refractivity contribution in [2.75, 3.05) is 18.1 Å². The van der Waals surface area contributed by atoms with Gasteiger partial charge >= 0.3 is 11.9 Å². The van der Waals surface area contributed by atoms with Crippen molar-refractivity contribution in [2.45, 2.75) is 25.3 Å². The Morgan fingerprint density at radius 3 is 2.48 bits per heavy atom. The maximum absolute atomic E-state index is 12.7. The molecule has 0 aliphatic rings. The zero-order valence-electron chi connectivity index (χ0n) is 13.7. The predicted octanol–water partition coefficient (Wildman–Crippen LogP) is 2.30. The molecule has 0 aliphatic carbocycles. The first-order valence-electron chi connectivity index (χ1n) is 7.47. The number of carboxylic acids is 2. The molecule has 1 rings (SSSR count). The van der Waals surface area contributed by atoms with E-state index in [-0.39, 0.29) is 34.3 Å². The van der Waals surface area contributed by atoms with E-state index in [1.165, 1.54) is 30.0 Å². The Morgan fingerprint density at radius 2 is 1.96 bits per heavy atom. The van der Waals surface area contributed by atoms with Gasteiger partial charge in [0, 0.05) is 17.1 Å². The molecule has 0 aliphatic heterocycles. The molecule has 0 fully saturated rings. The van der Waals surface area contributed by atoms with E-state index in [4.69, 9.17) is 32.3 Å². The van der Waals surface area contributed by atoms with Crippen LogP contribution in [-0.2, 0) is 9.59 Å². The van der Waals surface area contributed by atoms with Crippen LogP contribution in [0.15, 0.2) is 18.2 Å². The van der Waals surface area contributed by atoms with E-state index in [0.29, 0.717) is 12.2 Å². The van der Waals surface area contributed by atoms with E-state index < -0.39 is 24.1 Å². The Kier molecular flexibility index (Phi) is 8.21. The second kappa shape index (κ2) is 9.65. The van der Waals surface area contributed by atoms with Crippen LogP contribution in [0.4, 0.5) is 0 Å². The molecule has 7 nitrogen and oxygen atoms in total. The Morgan fingerprint density at radius 1 is 1.28 bits per heavy atom. The second-order valence-electron chi connectivity index (χ2n) is 5.36. The second-order valence-corrected chi connectivity index (χ2v) is 6.87. The fraction of sp³-hybridized carbons (Fsp3) is 0.438. The zero-order chi connectivity index (χ0) is 19.0. The largest absolute Gasteiger partial charge is 0.482 e. The van der Waals surface area contributed by atoms with Crippen LogP contribution >= 0.6 is 23.4 Å². The molecule has 25 heavy (non-hydrogen) atoms. The first-order valence-corrected chi connectivity index (χ1v) is 9.00. The van der Waals surface area contributed by atoms with Gasteiger partial charge in [-0.25, -0.2) is 4.79 Å². The SMILES string of the molecule is CCC(N)(CSCCC(=O)O)C(=O)c1ccc(OCC(=O)O)cc1Cl. The molecular formula is C16H20ClNO6S. The van der Waals surface area contributed by atoms with Crippen LogP contribution < -0.4 is 10.5 Å². The molecule has 0 heterocycles. The van der Waals surface area contributed by atoms with E-state index in [0.717, 1.165) is 0 Å². The van der Waals surface area contributed by atoms with Crippen molar-refractivity contribution in [3.63, 3.8) is 0 Å². The number of benzene rings is 1. The number of ether oxygens (including phenoxy) is 1. The molecule has 0 aromatic heterocycles. The normalized spacial score (nSPS) is 13.1. The van der Waals surface area contributed by atoms with Gasteiger partial charge in [0.1, 0.15) is 5.75 Å². The van der Waals surface area contributed by atoms with Crippen LogP contribution in [-0.4, -0.2) is 51.6 Å². The molecular weight excluding hydrogens is 370 g/mol. The fourth-order valence-corrected chi connectivity index (χ4v) is 3.34. The highest BCUT2D eigenvalue weighted by atomic mass is 35.5. The molecule has 9 heteroatoms. The Hall–Kier alpha value is -1.77. The Labute approximate surface area is 154 Å². The lowest BCUT2D eigenvalue weighted by molar-refractivity contribution is -0.139. The lowest BCUT2D eigenvalue weighted by Gasteiger charge is -2.26. The molecule has 1 aromatic rings.